The van der Waals surface area contributed by atoms with E-state index in [2.05, 4.69) is 30.4 Å². The van der Waals surface area contributed by atoms with Gasteiger partial charge in [0.15, 0.2) is 0 Å². The van der Waals surface area contributed by atoms with Crippen molar-refractivity contribution in [2.24, 2.45) is 0 Å². The first-order valence-electron chi connectivity index (χ1n) is 14.1. The first-order chi connectivity index (χ1) is 21.8. The second-order valence-electron chi connectivity index (χ2n) is 10.3. The Balaban J connectivity index is 1.88. The van der Waals surface area contributed by atoms with Crippen LogP contribution in [0.15, 0.2) is 18.2 Å². The van der Waals surface area contributed by atoms with Gasteiger partial charge in [0.05, 0.1) is 39.6 Å². The maximum Gasteiger partial charge on any atom is 0.328 e. The van der Waals surface area contributed by atoms with Crippen molar-refractivity contribution in [3.05, 3.63) is 51.8 Å². The van der Waals surface area contributed by atoms with E-state index in [0.717, 1.165) is 7.11 Å². The number of carbonyl (C=O) groups excluding carboxylic acids is 7. The van der Waals surface area contributed by atoms with E-state index >= 15 is 0 Å². The van der Waals surface area contributed by atoms with Crippen LogP contribution in [-0.2, 0) is 42.9 Å². The number of fused-ring (bicyclic) bond motifs is 1. The number of aryl methyl sites for hydroxylation is 1. The molecular formula is C31H36N4O11. The number of aromatic amines is 1. The van der Waals surface area contributed by atoms with E-state index in [1.165, 1.54) is 45.6 Å². The molecule has 0 bridgehead atoms. The second kappa shape index (κ2) is 15.5. The Labute approximate surface area is 264 Å². The lowest BCUT2D eigenvalue weighted by Crippen LogP contribution is -2.42. The predicted octanol–water partition coefficient (Wildman–Crippen LogP) is 1.57. The number of aromatic nitrogens is 1. The smallest absolute Gasteiger partial charge is 0.328 e. The Hall–Kier alpha value is -5.47. The number of methoxy groups -OCH3 is 4. The van der Waals surface area contributed by atoms with E-state index in [0.29, 0.717) is 28.2 Å². The summed E-state index contributed by atoms with van der Waals surface area (Å²) in [6.07, 6.45) is 1.20. The van der Waals surface area contributed by atoms with Crippen LogP contribution in [0, 0.1) is 13.8 Å². The first kappa shape index (κ1) is 35.0. The number of esters is 4. The third-order valence-electron chi connectivity index (χ3n) is 7.37. The number of hydrogen-bond acceptors (Lipinski definition) is 11. The molecule has 246 valence electrons. The molecule has 2 heterocycles. The fourth-order valence-corrected chi connectivity index (χ4v) is 4.86. The summed E-state index contributed by atoms with van der Waals surface area (Å²) in [5.41, 5.74) is 2.74. The summed E-state index contributed by atoms with van der Waals surface area (Å²) in [6.45, 7) is 3.31. The van der Waals surface area contributed by atoms with Gasteiger partial charge in [-0.05, 0) is 56.5 Å². The number of ether oxygens (including phenoxy) is 4. The first-order valence-corrected chi connectivity index (χ1v) is 14.1. The molecule has 1 aliphatic rings. The number of benzene rings is 1. The molecular weight excluding hydrogens is 604 g/mol. The van der Waals surface area contributed by atoms with Crippen LogP contribution in [0.5, 0.6) is 0 Å². The summed E-state index contributed by atoms with van der Waals surface area (Å²) in [4.78, 5) is 90.1. The summed E-state index contributed by atoms with van der Waals surface area (Å²) in [5.74, 6) is -4.27. The van der Waals surface area contributed by atoms with Crippen molar-refractivity contribution in [3.8, 4) is 0 Å². The summed E-state index contributed by atoms with van der Waals surface area (Å²) < 4.78 is 18.7. The third-order valence-corrected chi connectivity index (χ3v) is 7.37. The van der Waals surface area contributed by atoms with Crippen LogP contribution in [0.3, 0.4) is 0 Å². The number of H-pyrrole nitrogens is 1. The highest BCUT2D eigenvalue weighted by Gasteiger charge is 2.30. The van der Waals surface area contributed by atoms with E-state index in [1.54, 1.807) is 13.8 Å². The van der Waals surface area contributed by atoms with E-state index < -0.39 is 53.7 Å². The van der Waals surface area contributed by atoms with Crippen LogP contribution in [0.2, 0.25) is 0 Å². The van der Waals surface area contributed by atoms with Crippen molar-refractivity contribution in [1.82, 2.24) is 15.6 Å². The predicted molar refractivity (Wildman–Crippen MR) is 162 cm³/mol. The van der Waals surface area contributed by atoms with Crippen molar-refractivity contribution in [2.75, 3.05) is 33.8 Å². The van der Waals surface area contributed by atoms with Crippen molar-refractivity contribution in [2.45, 2.75) is 51.6 Å². The van der Waals surface area contributed by atoms with Crippen molar-refractivity contribution in [3.63, 3.8) is 0 Å². The average molecular weight is 641 g/mol. The van der Waals surface area contributed by atoms with Gasteiger partial charge in [0.25, 0.3) is 17.7 Å². The summed E-state index contributed by atoms with van der Waals surface area (Å²) in [5, 5.41) is 7.88. The van der Waals surface area contributed by atoms with Crippen molar-refractivity contribution >= 4 is 58.9 Å². The molecule has 0 radical (unpaired) electrons. The number of hydrogen-bond donors (Lipinski definition) is 4. The fourth-order valence-electron chi connectivity index (χ4n) is 4.86. The Kier molecular flexibility index (Phi) is 11.8. The van der Waals surface area contributed by atoms with Crippen molar-refractivity contribution < 1.29 is 52.5 Å². The van der Waals surface area contributed by atoms with E-state index in [-0.39, 0.29) is 42.4 Å². The number of anilines is 1. The van der Waals surface area contributed by atoms with Gasteiger partial charge in [0, 0.05) is 41.0 Å². The molecule has 0 saturated heterocycles. The molecule has 1 aromatic carbocycles. The van der Waals surface area contributed by atoms with Crippen LogP contribution in [-0.4, -0.2) is 87.1 Å². The minimum atomic E-state index is -1.12. The number of nitrogens with one attached hydrogen (secondary N) is 4. The fraction of sp³-hybridized carbons (Fsp3) is 0.387. The van der Waals surface area contributed by atoms with Crippen LogP contribution in [0.1, 0.15) is 68.9 Å². The average Bonchev–Trinajstić information content (AvgIpc) is 3.52. The SMILES string of the molecule is COC(=O)CC[C@H](NC(=O)c1c(C)[nH]c(/C=C2\C(=O)Nc3ccc(C(=O)N[C@H](CCC(=O)OC)C(=O)OC)cc32)c1C)C(=O)OC. The molecule has 2 aromatic rings. The molecule has 15 nitrogen and oxygen atoms in total. The largest absolute Gasteiger partial charge is 0.469 e. The molecule has 4 N–H and O–H groups in total. The zero-order chi connectivity index (χ0) is 34.1. The van der Waals surface area contributed by atoms with E-state index in [9.17, 15) is 33.6 Å². The lowest BCUT2D eigenvalue weighted by molar-refractivity contribution is -0.146. The molecule has 3 amide bonds. The molecule has 0 fully saturated rings. The summed E-state index contributed by atoms with van der Waals surface area (Å²) in [6, 6.07) is 2.26. The lowest BCUT2D eigenvalue weighted by atomic mass is 10.0. The standard InChI is InChI=1S/C31H36N4O11/c1-15-23(32-16(2)26(15)29(40)35-22(31(42)46-6)10-12-25(37)44-4)14-19-18-13-17(7-8-20(18)33-28(19)39)27(38)34-21(30(41)45-5)9-11-24(36)43-3/h7-8,13-14,21-22,32H,9-12H2,1-6H3,(H,33,39)(H,34,38)(H,35,40)/b19-14-/t21-,22+/m1/s1. The van der Waals surface area contributed by atoms with Gasteiger partial charge in [0.1, 0.15) is 12.1 Å². The zero-order valence-electron chi connectivity index (χ0n) is 26.3. The van der Waals surface area contributed by atoms with Gasteiger partial charge >= 0.3 is 23.9 Å². The number of amides is 3. The summed E-state index contributed by atoms with van der Waals surface area (Å²) in [7, 11) is 4.75. The quantitative estimate of drug-likeness (QED) is 0.140. The Bertz CT molecular complexity index is 1590. The maximum absolute atomic E-state index is 13.3. The molecule has 0 spiro atoms. The van der Waals surface area contributed by atoms with Gasteiger partial charge in [-0.15, -0.1) is 0 Å². The van der Waals surface area contributed by atoms with E-state index in [1.807, 2.05) is 0 Å². The van der Waals surface area contributed by atoms with Crippen LogP contribution in [0.4, 0.5) is 5.69 Å². The molecule has 1 aliphatic heterocycles. The molecule has 3 rings (SSSR count). The highest BCUT2D eigenvalue weighted by Crippen LogP contribution is 2.35. The molecule has 0 aliphatic carbocycles. The molecule has 15 heteroatoms. The van der Waals surface area contributed by atoms with E-state index in [4.69, 9.17) is 9.47 Å². The molecule has 0 unspecified atom stereocenters. The number of carbonyl (C=O) groups is 7. The van der Waals surface area contributed by atoms with Gasteiger partial charge in [-0.1, -0.05) is 0 Å². The van der Waals surface area contributed by atoms with Crippen LogP contribution < -0.4 is 16.0 Å². The van der Waals surface area contributed by atoms with Gasteiger partial charge in [-0.2, -0.15) is 0 Å². The minimum Gasteiger partial charge on any atom is -0.469 e. The van der Waals surface area contributed by atoms with Gasteiger partial charge < -0.3 is 39.9 Å². The molecule has 1 aromatic heterocycles. The maximum atomic E-state index is 13.3. The van der Waals surface area contributed by atoms with Crippen LogP contribution in [0.25, 0.3) is 11.6 Å². The van der Waals surface area contributed by atoms with Crippen LogP contribution >= 0.6 is 0 Å². The Morgan fingerprint density at radius 2 is 1.35 bits per heavy atom. The van der Waals surface area contributed by atoms with Gasteiger partial charge in [0.2, 0.25) is 0 Å². The monoisotopic (exact) mass is 640 g/mol. The van der Waals surface area contributed by atoms with Gasteiger partial charge in [-0.3, -0.25) is 24.0 Å². The zero-order valence-corrected chi connectivity index (χ0v) is 26.3. The highest BCUT2D eigenvalue weighted by molar-refractivity contribution is 6.35. The molecule has 2 atom stereocenters. The molecule has 46 heavy (non-hydrogen) atoms. The minimum absolute atomic E-state index is 0.0387. The summed E-state index contributed by atoms with van der Waals surface area (Å²) >= 11 is 0. The Morgan fingerprint density at radius 3 is 1.87 bits per heavy atom. The Morgan fingerprint density at radius 1 is 0.804 bits per heavy atom. The molecule has 0 saturated carbocycles. The number of rotatable bonds is 13. The van der Waals surface area contributed by atoms with Gasteiger partial charge in [-0.25, -0.2) is 9.59 Å². The van der Waals surface area contributed by atoms with Crippen molar-refractivity contribution in [1.29, 1.82) is 0 Å². The highest BCUT2D eigenvalue weighted by atomic mass is 16.5. The normalized spacial score (nSPS) is 14.0. The topological polar surface area (TPSA) is 208 Å². The second-order valence-corrected chi connectivity index (χ2v) is 10.3. The third kappa shape index (κ3) is 8.16. The lowest BCUT2D eigenvalue weighted by Gasteiger charge is -2.16.